The molecular formula is C14H20BNO3. The molecule has 1 atom stereocenters. The Morgan fingerprint density at radius 2 is 2.21 bits per heavy atom. The maximum Gasteiger partial charge on any atom is 0.500 e. The molecule has 1 aromatic rings. The molecule has 0 aliphatic carbocycles. The molecule has 5 heteroatoms. The van der Waals surface area contributed by atoms with Crippen LogP contribution in [0.1, 0.15) is 38.1 Å². The molecule has 0 saturated heterocycles. The van der Waals surface area contributed by atoms with Crippen molar-refractivity contribution in [2.75, 3.05) is 13.7 Å². The van der Waals surface area contributed by atoms with Crippen LogP contribution in [0.4, 0.5) is 0 Å². The molecule has 2 aliphatic rings. The van der Waals surface area contributed by atoms with E-state index in [9.17, 15) is 0 Å². The van der Waals surface area contributed by atoms with Crippen LogP contribution in [0.15, 0.2) is 12.1 Å². The van der Waals surface area contributed by atoms with Crippen LogP contribution >= 0.6 is 0 Å². The minimum Gasteiger partial charge on any atom is -0.491 e. The van der Waals surface area contributed by atoms with E-state index in [1.165, 1.54) is 11.1 Å². The molecule has 0 bridgehead atoms. The summed E-state index contributed by atoms with van der Waals surface area (Å²) in [6.45, 7) is 6.74. The summed E-state index contributed by atoms with van der Waals surface area (Å²) < 4.78 is 18.0. The first-order chi connectivity index (χ1) is 9.05. The van der Waals surface area contributed by atoms with E-state index < -0.39 is 0 Å². The van der Waals surface area contributed by atoms with Gasteiger partial charge in [0.05, 0.1) is 5.60 Å². The van der Waals surface area contributed by atoms with Gasteiger partial charge in [0, 0.05) is 11.0 Å². The van der Waals surface area contributed by atoms with Gasteiger partial charge in [0.1, 0.15) is 18.6 Å². The molecule has 1 aromatic carbocycles. The standard InChI is InChI=1S/C14H20BNO3/c1-5-9-6-7-10-12-11(9)13(16-4)18-15(12)19-14(2,3)8-17-10/h6-7,13,16H,5,8H2,1-4H3/t13-/m0/s1. The van der Waals surface area contributed by atoms with E-state index in [-0.39, 0.29) is 18.9 Å². The minimum absolute atomic E-state index is 0.118. The zero-order valence-electron chi connectivity index (χ0n) is 11.9. The van der Waals surface area contributed by atoms with Gasteiger partial charge in [-0.3, -0.25) is 5.32 Å². The van der Waals surface area contributed by atoms with Crippen LogP contribution in [0.5, 0.6) is 5.75 Å². The summed E-state index contributed by atoms with van der Waals surface area (Å²) in [5.74, 6) is 0.889. The molecule has 0 amide bonds. The maximum absolute atomic E-state index is 6.07. The van der Waals surface area contributed by atoms with E-state index in [4.69, 9.17) is 14.0 Å². The highest BCUT2D eigenvalue weighted by molar-refractivity contribution is 6.64. The van der Waals surface area contributed by atoms with Gasteiger partial charge in [-0.15, -0.1) is 0 Å². The molecule has 0 fully saturated rings. The Bertz CT molecular complexity index is 504. The fourth-order valence-corrected chi connectivity index (χ4v) is 2.78. The average molecular weight is 261 g/mol. The van der Waals surface area contributed by atoms with Crippen molar-refractivity contribution in [2.24, 2.45) is 0 Å². The molecule has 2 heterocycles. The smallest absolute Gasteiger partial charge is 0.491 e. The molecule has 0 radical (unpaired) electrons. The lowest BCUT2D eigenvalue weighted by atomic mass is 9.76. The van der Waals surface area contributed by atoms with Gasteiger partial charge < -0.3 is 14.0 Å². The van der Waals surface area contributed by atoms with E-state index in [0.29, 0.717) is 6.61 Å². The van der Waals surface area contributed by atoms with Crippen LogP contribution < -0.4 is 15.5 Å². The predicted octanol–water partition coefficient (Wildman–Crippen LogP) is 1.38. The van der Waals surface area contributed by atoms with E-state index in [2.05, 4.69) is 18.3 Å². The Morgan fingerprint density at radius 3 is 2.89 bits per heavy atom. The number of benzene rings is 1. The quantitative estimate of drug-likeness (QED) is 0.816. The highest BCUT2D eigenvalue weighted by Gasteiger charge is 2.46. The molecule has 19 heavy (non-hydrogen) atoms. The first-order valence-electron chi connectivity index (χ1n) is 6.84. The van der Waals surface area contributed by atoms with Crippen LogP contribution in [-0.2, 0) is 15.7 Å². The Labute approximate surface area is 114 Å². The van der Waals surface area contributed by atoms with Gasteiger partial charge in [-0.2, -0.15) is 0 Å². The SMILES string of the molecule is CCc1ccc2c3c1[C@@H](NC)OB3OC(C)(C)CO2. The Balaban J connectivity index is 2.14. The van der Waals surface area contributed by atoms with Gasteiger partial charge >= 0.3 is 7.12 Å². The third-order valence-corrected chi connectivity index (χ3v) is 3.74. The summed E-state index contributed by atoms with van der Waals surface area (Å²) in [5.41, 5.74) is 3.18. The lowest BCUT2D eigenvalue weighted by Gasteiger charge is -2.25. The normalized spacial score (nSPS) is 23.8. The molecule has 1 N–H and O–H groups in total. The predicted molar refractivity (Wildman–Crippen MR) is 74.8 cm³/mol. The number of aryl methyl sites for hydroxylation is 1. The van der Waals surface area contributed by atoms with Crippen molar-refractivity contribution in [2.45, 2.75) is 39.0 Å². The molecule has 0 unspecified atom stereocenters. The van der Waals surface area contributed by atoms with Crippen molar-refractivity contribution < 1.29 is 14.0 Å². The average Bonchev–Trinajstić information content (AvgIpc) is 2.68. The van der Waals surface area contributed by atoms with Crippen LogP contribution in [-0.4, -0.2) is 26.4 Å². The van der Waals surface area contributed by atoms with Gasteiger partial charge in [-0.1, -0.05) is 13.0 Å². The van der Waals surface area contributed by atoms with Gasteiger partial charge in [0.25, 0.3) is 0 Å². The highest BCUT2D eigenvalue weighted by Crippen LogP contribution is 2.34. The summed E-state index contributed by atoms with van der Waals surface area (Å²) in [5, 5.41) is 3.20. The van der Waals surface area contributed by atoms with Crippen molar-refractivity contribution in [3.05, 3.63) is 23.3 Å². The molecule has 102 valence electrons. The van der Waals surface area contributed by atoms with E-state index in [0.717, 1.165) is 17.6 Å². The third kappa shape index (κ3) is 2.06. The Kier molecular flexibility index (Phi) is 3.08. The minimum atomic E-state index is -0.351. The van der Waals surface area contributed by atoms with Crippen LogP contribution in [0.25, 0.3) is 0 Å². The van der Waals surface area contributed by atoms with E-state index >= 15 is 0 Å². The number of ether oxygens (including phenoxy) is 1. The number of nitrogens with one attached hydrogen (secondary N) is 1. The largest absolute Gasteiger partial charge is 0.500 e. The van der Waals surface area contributed by atoms with E-state index in [1.807, 2.05) is 27.0 Å². The first-order valence-corrected chi connectivity index (χ1v) is 6.84. The third-order valence-electron chi connectivity index (χ3n) is 3.74. The molecule has 3 rings (SSSR count). The van der Waals surface area contributed by atoms with Crippen molar-refractivity contribution in [1.82, 2.24) is 5.32 Å². The van der Waals surface area contributed by atoms with Gasteiger partial charge in [-0.25, -0.2) is 0 Å². The zero-order valence-corrected chi connectivity index (χ0v) is 11.9. The topological polar surface area (TPSA) is 39.7 Å². The maximum atomic E-state index is 6.07. The number of hydrogen-bond donors (Lipinski definition) is 1. The van der Waals surface area contributed by atoms with Crippen molar-refractivity contribution >= 4 is 12.6 Å². The zero-order chi connectivity index (χ0) is 13.6. The molecule has 0 spiro atoms. The molecular weight excluding hydrogens is 241 g/mol. The second kappa shape index (κ2) is 4.51. The second-order valence-corrected chi connectivity index (χ2v) is 5.71. The summed E-state index contributed by atoms with van der Waals surface area (Å²) in [4.78, 5) is 0. The molecule has 0 aromatic heterocycles. The lowest BCUT2D eigenvalue weighted by Crippen LogP contribution is -2.40. The molecule has 2 aliphatic heterocycles. The number of rotatable bonds is 2. The monoisotopic (exact) mass is 261 g/mol. The van der Waals surface area contributed by atoms with Gasteiger partial charge in [0.15, 0.2) is 0 Å². The lowest BCUT2D eigenvalue weighted by molar-refractivity contribution is 0.0239. The fourth-order valence-electron chi connectivity index (χ4n) is 2.78. The highest BCUT2D eigenvalue weighted by atomic mass is 16.6. The second-order valence-electron chi connectivity index (χ2n) is 5.71. The van der Waals surface area contributed by atoms with Gasteiger partial charge in [-0.05, 0) is 38.9 Å². The molecule has 4 nitrogen and oxygen atoms in total. The van der Waals surface area contributed by atoms with Crippen LogP contribution in [0.3, 0.4) is 0 Å². The van der Waals surface area contributed by atoms with Crippen LogP contribution in [0, 0.1) is 0 Å². The Hall–Kier alpha value is -1.04. The fraction of sp³-hybridized carbons (Fsp3) is 0.571. The number of hydrogen-bond acceptors (Lipinski definition) is 4. The van der Waals surface area contributed by atoms with Crippen LogP contribution in [0.2, 0.25) is 0 Å². The first kappa shape index (κ1) is 13.0. The van der Waals surface area contributed by atoms with Crippen molar-refractivity contribution in [3.63, 3.8) is 0 Å². The van der Waals surface area contributed by atoms with Crippen molar-refractivity contribution in [1.29, 1.82) is 0 Å². The van der Waals surface area contributed by atoms with E-state index in [1.54, 1.807) is 0 Å². The van der Waals surface area contributed by atoms with Crippen molar-refractivity contribution in [3.8, 4) is 5.75 Å². The summed E-state index contributed by atoms with van der Waals surface area (Å²) in [7, 11) is 1.56. The van der Waals surface area contributed by atoms with Gasteiger partial charge in [0.2, 0.25) is 0 Å². The summed E-state index contributed by atoms with van der Waals surface area (Å²) in [6.07, 6.45) is 0.854. The summed E-state index contributed by atoms with van der Waals surface area (Å²) in [6, 6.07) is 4.17. The summed E-state index contributed by atoms with van der Waals surface area (Å²) >= 11 is 0. The Morgan fingerprint density at radius 1 is 1.42 bits per heavy atom. The molecule has 0 saturated carbocycles.